The van der Waals surface area contributed by atoms with Crippen LogP contribution in [-0.4, -0.2) is 28.7 Å². The largest absolute Gasteiger partial charge is 0.444 e. The van der Waals surface area contributed by atoms with E-state index in [1.807, 2.05) is 25.7 Å². The van der Waals surface area contributed by atoms with Gasteiger partial charge in [-0.05, 0) is 57.8 Å². The van der Waals surface area contributed by atoms with Crippen molar-refractivity contribution in [3.63, 3.8) is 0 Å². The summed E-state index contributed by atoms with van der Waals surface area (Å²) < 4.78 is 5.57. The van der Waals surface area contributed by atoms with Gasteiger partial charge in [0.2, 0.25) is 0 Å². The smallest absolute Gasteiger partial charge is 0.410 e. The van der Waals surface area contributed by atoms with Crippen LogP contribution < -0.4 is 0 Å². The number of nitrogens with zero attached hydrogens (tertiary/aromatic N) is 1. The van der Waals surface area contributed by atoms with Crippen molar-refractivity contribution in [2.75, 3.05) is 0 Å². The third kappa shape index (κ3) is 3.24. The van der Waals surface area contributed by atoms with Gasteiger partial charge < -0.3 is 9.64 Å². The van der Waals surface area contributed by atoms with Crippen LogP contribution in [0.4, 0.5) is 4.79 Å². The molecule has 2 aliphatic heterocycles. The fourth-order valence-electron chi connectivity index (χ4n) is 3.50. The van der Waals surface area contributed by atoms with Crippen molar-refractivity contribution in [3.05, 3.63) is 0 Å². The molecule has 2 bridgehead atoms. The normalized spacial score (nSPS) is 31.5. The molecule has 2 unspecified atom stereocenters. The predicted molar refractivity (Wildman–Crippen MR) is 77.1 cm³/mol. The van der Waals surface area contributed by atoms with Crippen LogP contribution in [0.2, 0.25) is 0 Å². The zero-order valence-corrected chi connectivity index (χ0v) is 13.3. The minimum absolute atomic E-state index is 0.104. The Morgan fingerprint density at radius 2 is 1.47 bits per heavy atom. The lowest BCUT2D eigenvalue weighted by atomic mass is 9.73. The van der Waals surface area contributed by atoms with Gasteiger partial charge >= 0.3 is 6.09 Å². The zero-order valence-electron chi connectivity index (χ0n) is 13.3. The summed E-state index contributed by atoms with van der Waals surface area (Å²) >= 11 is 0. The molecule has 2 saturated heterocycles. The predicted octanol–water partition coefficient (Wildman–Crippen LogP) is 4.21. The maximum absolute atomic E-state index is 12.3. The second-order valence-electron chi connectivity index (χ2n) is 8.31. The molecule has 2 rings (SSSR count). The molecular formula is C16H29NO2. The number of fused-ring (bicyclic) bond motifs is 2. The van der Waals surface area contributed by atoms with Crippen molar-refractivity contribution in [3.8, 4) is 0 Å². The van der Waals surface area contributed by atoms with Gasteiger partial charge in [0.05, 0.1) is 0 Å². The molecule has 0 saturated carbocycles. The Morgan fingerprint density at radius 3 is 1.84 bits per heavy atom. The molecule has 19 heavy (non-hydrogen) atoms. The fraction of sp³-hybridized carbons (Fsp3) is 0.938. The highest BCUT2D eigenvalue weighted by Gasteiger charge is 2.47. The minimum atomic E-state index is -0.391. The summed E-state index contributed by atoms with van der Waals surface area (Å²) in [7, 11) is 0. The van der Waals surface area contributed by atoms with Gasteiger partial charge in [-0.25, -0.2) is 4.79 Å². The third-order valence-corrected chi connectivity index (χ3v) is 4.56. The Hall–Kier alpha value is -0.730. The molecule has 2 atom stereocenters. The topological polar surface area (TPSA) is 29.5 Å². The number of ether oxygens (including phenoxy) is 1. The quantitative estimate of drug-likeness (QED) is 0.658. The fourth-order valence-corrected chi connectivity index (χ4v) is 3.50. The Balaban J connectivity index is 2.05. The molecular weight excluding hydrogens is 238 g/mol. The first-order valence-corrected chi connectivity index (χ1v) is 7.59. The highest BCUT2D eigenvalue weighted by Crippen LogP contribution is 2.45. The summed E-state index contributed by atoms with van der Waals surface area (Å²) in [5.41, 5.74) is -0.0434. The number of hydrogen-bond acceptors (Lipinski definition) is 2. The van der Waals surface area contributed by atoms with E-state index < -0.39 is 5.60 Å². The lowest BCUT2D eigenvalue weighted by molar-refractivity contribution is -0.00699. The van der Waals surface area contributed by atoms with Gasteiger partial charge in [-0.15, -0.1) is 0 Å². The number of hydrogen-bond donors (Lipinski definition) is 0. The van der Waals surface area contributed by atoms with E-state index in [4.69, 9.17) is 4.74 Å². The molecule has 0 aliphatic carbocycles. The molecule has 0 radical (unpaired) electrons. The number of carbonyl (C=O) groups excluding carboxylic acids is 1. The lowest BCUT2D eigenvalue weighted by Gasteiger charge is -2.43. The Labute approximate surface area is 117 Å². The van der Waals surface area contributed by atoms with Crippen molar-refractivity contribution < 1.29 is 9.53 Å². The highest BCUT2D eigenvalue weighted by molar-refractivity contribution is 5.69. The van der Waals surface area contributed by atoms with Crippen molar-refractivity contribution in [1.29, 1.82) is 0 Å². The van der Waals surface area contributed by atoms with E-state index >= 15 is 0 Å². The van der Waals surface area contributed by atoms with Gasteiger partial charge in [0.15, 0.2) is 0 Å². The van der Waals surface area contributed by atoms with Crippen LogP contribution >= 0.6 is 0 Å². The average Bonchev–Trinajstić information content (AvgIpc) is 2.45. The molecule has 2 aliphatic rings. The molecule has 0 aromatic carbocycles. The van der Waals surface area contributed by atoms with Crippen LogP contribution in [0.5, 0.6) is 0 Å². The Morgan fingerprint density at radius 1 is 1.00 bits per heavy atom. The van der Waals surface area contributed by atoms with E-state index in [-0.39, 0.29) is 6.09 Å². The van der Waals surface area contributed by atoms with Gasteiger partial charge in [0.25, 0.3) is 0 Å². The number of piperidine rings is 1. The summed E-state index contributed by atoms with van der Waals surface area (Å²) in [6, 6.07) is 0.802. The van der Waals surface area contributed by atoms with Gasteiger partial charge in [0.1, 0.15) is 5.60 Å². The first kappa shape index (κ1) is 14.7. The van der Waals surface area contributed by atoms with Crippen molar-refractivity contribution in [1.82, 2.24) is 4.90 Å². The minimum Gasteiger partial charge on any atom is -0.444 e. The van der Waals surface area contributed by atoms with Crippen LogP contribution in [0.25, 0.3) is 0 Å². The molecule has 0 spiro atoms. The van der Waals surface area contributed by atoms with E-state index in [1.54, 1.807) is 0 Å². The van der Waals surface area contributed by atoms with Gasteiger partial charge in [-0.3, -0.25) is 0 Å². The summed E-state index contributed by atoms with van der Waals surface area (Å²) in [6.45, 7) is 12.8. The van der Waals surface area contributed by atoms with Crippen molar-refractivity contribution >= 4 is 6.09 Å². The number of rotatable bonds is 0. The highest BCUT2D eigenvalue weighted by atomic mass is 16.6. The molecule has 0 N–H and O–H groups in total. The summed E-state index contributed by atoms with van der Waals surface area (Å²) in [5.74, 6) is 0.726. The van der Waals surface area contributed by atoms with Gasteiger partial charge in [-0.2, -0.15) is 0 Å². The Bertz CT molecular complexity index is 337. The zero-order chi connectivity index (χ0) is 14.4. The SMILES string of the molecule is CC(C)(C)OC(=O)N1C2CCC1CC(C(C)(C)C)C2. The number of amides is 1. The monoisotopic (exact) mass is 267 g/mol. The van der Waals surface area contributed by atoms with Crippen molar-refractivity contribution in [2.24, 2.45) is 11.3 Å². The number of carbonyl (C=O) groups is 1. The molecule has 110 valence electrons. The maximum atomic E-state index is 12.3. The summed E-state index contributed by atoms with van der Waals surface area (Å²) in [4.78, 5) is 14.4. The molecule has 3 heteroatoms. The second kappa shape index (κ2) is 4.68. The van der Waals surface area contributed by atoms with E-state index in [2.05, 4.69) is 20.8 Å². The molecule has 2 fully saturated rings. The van der Waals surface area contributed by atoms with E-state index in [0.717, 1.165) is 31.6 Å². The van der Waals surface area contributed by atoms with E-state index in [9.17, 15) is 4.79 Å². The summed E-state index contributed by atoms with van der Waals surface area (Å²) in [5, 5.41) is 0. The lowest BCUT2D eigenvalue weighted by Crippen LogP contribution is -2.50. The van der Waals surface area contributed by atoms with Gasteiger partial charge in [-0.1, -0.05) is 20.8 Å². The van der Waals surface area contributed by atoms with Crippen LogP contribution in [0, 0.1) is 11.3 Å². The summed E-state index contributed by atoms with van der Waals surface area (Å²) in [6.07, 6.45) is 4.47. The van der Waals surface area contributed by atoms with E-state index in [1.165, 1.54) is 0 Å². The second-order valence-corrected chi connectivity index (χ2v) is 8.31. The first-order chi connectivity index (χ1) is 8.58. The van der Waals surface area contributed by atoms with Crippen LogP contribution in [0.3, 0.4) is 0 Å². The molecule has 3 nitrogen and oxygen atoms in total. The van der Waals surface area contributed by atoms with Crippen LogP contribution in [0.1, 0.15) is 67.2 Å². The first-order valence-electron chi connectivity index (χ1n) is 7.59. The van der Waals surface area contributed by atoms with Crippen molar-refractivity contribution in [2.45, 2.75) is 84.9 Å². The molecule has 2 heterocycles. The average molecular weight is 267 g/mol. The molecule has 0 aromatic rings. The van der Waals surface area contributed by atoms with E-state index in [0.29, 0.717) is 17.5 Å². The standard InChI is InChI=1S/C16H29NO2/c1-15(2,3)11-9-12-7-8-13(10-11)17(12)14(18)19-16(4,5)6/h11-13H,7-10H2,1-6H3. The maximum Gasteiger partial charge on any atom is 0.410 e. The molecule has 0 aromatic heterocycles. The van der Waals surface area contributed by atoms with Crippen LogP contribution in [-0.2, 0) is 4.74 Å². The van der Waals surface area contributed by atoms with Crippen LogP contribution in [0.15, 0.2) is 0 Å². The van der Waals surface area contributed by atoms with Gasteiger partial charge in [0, 0.05) is 12.1 Å². The molecule has 1 amide bonds. The third-order valence-electron chi connectivity index (χ3n) is 4.56. The Kier molecular flexibility index (Phi) is 3.61.